The number of aliphatic imine (C=N–C) groups is 1. The molecule has 2 rings (SSSR count). The third-order valence-electron chi connectivity index (χ3n) is 2.75. The van der Waals surface area contributed by atoms with Gasteiger partial charge in [0, 0.05) is 17.9 Å². The van der Waals surface area contributed by atoms with E-state index in [9.17, 15) is 0 Å². The third kappa shape index (κ3) is 5.67. The van der Waals surface area contributed by atoms with Crippen LogP contribution in [-0.2, 0) is 6.54 Å². The molecule has 0 atom stereocenters. The van der Waals surface area contributed by atoms with Crippen molar-refractivity contribution in [3.8, 4) is 0 Å². The number of aryl methyl sites for hydroxylation is 2. The van der Waals surface area contributed by atoms with Crippen molar-refractivity contribution in [3.05, 3.63) is 41.6 Å². The van der Waals surface area contributed by atoms with E-state index in [1.54, 1.807) is 6.26 Å². The second-order valence-corrected chi connectivity index (χ2v) is 5.24. The van der Waals surface area contributed by atoms with Gasteiger partial charge in [0.05, 0.1) is 6.26 Å². The minimum atomic E-state index is 0.377. The number of nitrogens with one attached hydrogen (secondary N) is 3. The molecular formula is C15H20N6OS. The summed E-state index contributed by atoms with van der Waals surface area (Å²) >= 11 is 5.20. The van der Waals surface area contributed by atoms with Gasteiger partial charge >= 0.3 is 0 Å². The third-order valence-corrected chi connectivity index (χ3v) is 3.00. The summed E-state index contributed by atoms with van der Waals surface area (Å²) in [6.07, 6.45) is 1.61. The summed E-state index contributed by atoms with van der Waals surface area (Å²) in [5.74, 6) is 1.67. The molecule has 0 amide bonds. The topological polar surface area (TPSA) is 87.4 Å². The van der Waals surface area contributed by atoms with E-state index in [0.717, 1.165) is 23.7 Å². The molecule has 0 fully saturated rings. The van der Waals surface area contributed by atoms with Crippen LogP contribution in [0.2, 0.25) is 0 Å². The predicted molar refractivity (Wildman–Crippen MR) is 94.4 cm³/mol. The number of anilines is 1. The first kappa shape index (κ1) is 16.9. The molecule has 122 valence electrons. The SMILES string of the molecule is CCNC(=S)NC(=NCc1ccco1)Nc1nc(C)cc(C)n1. The van der Waals surface area contributed by atoms with Crippen molar-refractivity contribution in [2.75, 3.05) is 11.9 Å². The Kier molecular flexibility index (Phi) is 6.04. The Hall–Kier alpha value is -2.48. The van der Waals surface area contributed by atoms with Crippen LogP contribution in [-0.4, -0.2) is 27.6 Å². The smallest absolute Gasteiger partial charge is 0.229 e. The highest BCUT2D eigenvalue weighted by molar-refractivity contribution is 7.80. The first-order valence-electron chi connectivity index (χ1n) is 7.28. The molecular weight excluding hydrogens is 312 g/mol. The number of thiocarbonyl (C=S) groups is 1. The Morgan fingerprint density at radius 2 is 2.04 bits per heavy atom. The molecule has 2 aromatic rings. The molecule has 0 bridgehead atoms. The molecule has 2 aromatic heterocycles. The van der Waals surface area contributed by atoms with Crippen LogP contribution >= 0.6 is 12.2 Å². The van der Waals surface area contributed by atoms with Crippen molar-refractivity contribution in [1.29, 1.82) is 0 Å². The Balaban J connectivity index is 2.14. The number of hydrogen-bond acceptors (Lipinski definition) is 5. The summed E-state index contributed by atoms with van der Waals surface area (Å²) in [6.45, 7) is 6.89. The van der Waals surface area contributed by atoms with Crippen LogP contribution < -0.4 is 16.0 Å². The van der Waals surface area contributed by atoms with Crippen molar-refractivity contribution >= 4 is 29.2 Å². The lowest BCUT2D eigenvalue weighted by atomic mass is 10.4. The van der Waals surface area contributed by atoms with Gasteiger partial charge in [0.2, 0.25) is 11.9 Å². The van der Waals surface area contributed by atoms with E-state index in [2.05, 4.69) is 30.9 Å². The van der Waals surface area contributed by atoms with Crippen molar-refractivity contribution in [3.63, 3.8) is 0 Å². The number of nitrogens with zero attached hydrogens (tertiary/aromatic N) is 3. The van der Waals surface area contributed by atoms with Gasteiger partial charge in [0.1, 0.15) is 12.3 Å². The van der Waals surface area contributed by atoms with Gasteiger partial charge in [-0.1, -0.05) is 0 Å². The minimum absolute atomic E-state index is 0.377. The standard InChI is InChI=1S/C15H20N6OS/c1-4-16-15(23)21-13(17-9-12-6-5-7-22-12)20-14-18-10(2)8-11(3)19-14/h5-8H,4,9H2,1-3H3,(H3,16,17,18,19,20,21,23). The fourth-order valence-corrected chi connectivity index (χ4v) is 2.11. The number of hydrogen-bond donors (Lipinski definition) is 3. The highest BCUT2D eigenvalue weighted by Gasteiger charge is 2.07. The van der Waals surface area contributed by atoms with Crippen LogP contribution in [0.5, 0.6) is 0 Å². The fraction of sp³-hybridized carbons (Fsp3) is 0.333. The lowest BCUT2D eigenvalue weighted by molar-refractivity contribution is 0.512. The average molecular weight is 332 g/mol. The molecule has 0 spiro atoms. The molecule has 8 heteroatoms. The van der Waals surface area contributed by atoms with Gasteiger partial charge in [-0.05, 0) is 51.2 Å². The van der Waals surface area contributed by atoms with E-state index in [0.29, 0.717) is 23.6 Å². The summed E-state index contributed by atoms with van der Waals surface area (Å²) in [7, 11) is 0. The lowest BCUT2D eigenvalue weighted by Crippen LogP contribution is -2.42. The van der Waals surface area contributed by atoms with Gasteiger partial charge in [0.15, 0.2) is 5.11 Å². The van der Waals surface area contributed by atoms with Crippen LogP contribution in [0.3, 0.4) is 0 Å². The lowest BCUT2D eigenvalue weighted by Gasteiger charge is -2.13. The maximum Gasteiger partial charge on any atom is 0.229 e. The second kappa shape index (κ2) is 8.23. The summed E-state index contributed by atoms with van der Waals surface area (Å²) in [6, 6.07) is 5.58. The van der Waals surface area contributed by atoms with Crippen LogP contribution in [0.25, 0.3) is 0 Å². The zero-order chi connectivity index (χ0) is 16.7. The minimum Gasteiger partial charge on any atom is -0.467 e. The normalized spacial score (nSPS) is 11.2. The molecule has 7 nitrogen and oxygen atoms in total. The first-order chi connectivity index (χ1) is 11.1. The fourth-order valence-electron chi connectivity index (χ4n) is 1.87. The van der Waals surface area contributed by atoms with E-state index in [-0.39, 0.29) is 0 Å². The number of furan rings is 1. The number of guanidine groups is 1. The van der Waals surface area contributed by atoms with Gasteiger partial charge in [0.25, 0.3) is 0 Å². The molecule has 0 aromatic carbocycles. The van der Waals surface area contributed by atoms with Crippen molar-refractivity contribution in [1.82, 2.24) is 20.6 Å². The van der Waals surface area contributed by atoms with Crippen molar-refractivity contribution in [2.45, 2.75) is 27.3 Å². The molecule has 0 saturated heterocycles. The Morgan fingerprint density at radius 3 is 2.65 bits per heavy atom. The van der Waals surface area contributed by atoms with Crippen LogP contribution in [0.15, 0.2) is 33.9 Å². The van der Waals surface area contributed by atoms with Crippen LogP contribution in [0.4, 0.5) is 5.95 Å². The summed E-state index contributed by atoms with van der Waals surface area (Å²) in [5.41, 5.74) is 1.75. The highest BCUT2D eigenvalue weighted by atomic mass is 32.1. The van der Waals surface area contributed by atoms with E-state index in [1.807, 2.05) is 39.0 Å². The quantitative estimate of drug-likeness (QED) is 0.449. The summed E-state index contributed by atoms with van der Waals surface area (Å²) in [5, 5.41) is 9.55. The zero-order valence-electron chi connectivity index (χ0n) is 13.4. The van der Waals surface area contributed by atoms with Gasteiger partial charge < -0.3 is 15.1 Å². The van der Waals surface area contributed by atoms with E-state index < -0.39 is 0 Å². The Bertz CT molecular complexity index is 663. The van der Waals surface area contributed by atoms with Crippen molar-refractivity contribution < 1.29 is 4.42 Å². The largest absolute Gasteiger partial charge is 0.467 e. The Morgan fingerprint density at radius 1 is 1.30 bits per heavy atom. The van der Waals surface area contributed by atoms with Gasteiger partial charge in [-0.2, -0.15) is 0 Å². The van der Waals surface area contributed by atoms with E-state index in [1.165, 1.54) is 0 Å². The second-order valence-electron chi connectivity index (χ2n) is 4.83. The first-order valence-corrected chi connectivity index (χ1v) is 7.68. The molecule has 0 radical (unpaired) electrons. The van der Waals surface area contributed by atoms with Gasteiger partial charge in [-0.25, -0.2) is 15.0 Å². The van der Waals surface area contributed by atoms with E-state index in [4.69, 9.17) is 16.6 Å². The molecule has 2 heterocycles. The van der Waals surface area contributed by atoms with Gasteiger partial charge in [-0.3, -0.25) is 5.32 Å². The summed E-state index contributed by atoms with van der Waals surface area (Å²) in [4.78, 5) is 13.1. The van der Waals surface area contributed by atoms with Crippen LogP contribution in [0.1, 0.15) is 24.1 Å². The monoisotopic (exact) mass is 332 g/mol. The molecule has 3 N–H and O–H groups in total. The van der Waals surface area contributed by atoms with Gasteiger partial charge in [-0.15, -0.1) is 0 Å². The molecule has 0 aliphatic carbocycles. The predicted octanol–water partition coefficient (Wildman–Crippen LogP) is 2.14. The number of rotatable bonds is 4. The maximum absolute atomic E-state index is 5.28. The zero-order valence-corrected chi connectivity index (χ0v) is 14.2. The molecule has 0 aliphatic rings. The summed E-state index contributed by atoms with van der Waals surface area (Å²) < 4.78 is 5.28. The molecule has 0 aliphatic heterocycles. The maximum atomic E-state index is 5.28. The average Bonchev–Trinajstić information content (AvgIpc) is 2.97. The molecule has 23 heavy (non-hydrogen) atoms. The highest BCUT2D eigenvalue weighted by Crippen LogP contribution is 2.05. The molecule has 0 saturated carbocycles. The van der Waals surface area contributed by atoms with Crippen LogP contribution in [0, 0.1) is 13.8 Å². The van der Waals surface area contributed by atoms with E-state index >= 15 is 0 Å². The molecule has 0 unspecified atom stereocenters. The van der Waals surface area contributed by atoms with Crippen molar-refractivity contribution in [2.24, 2.45) is 4.99 Å². The Labute approximate surface area is 140 Å². The number of aromatic nitrogens is 2.